The lowest BCUT2D eigenvalue weighted by atomic mass is 9.90. The van der Waals surface area contributed by atoms with Crippen LogP contribution in [0.4, 0.5) is 11.4 Å². The molecule has 0 amide bonds. The highest BCUT2D eigenvalue weighted by atomic mass is 16.6. The number of nitro benzene ring substituents is 1. The third-order valence-corrected chi connectivity index (χ3v) is 4.61. The summed E-state index contributed by atoms with van der Waals surface area (Å²) in [6.07, 6.45) is 4.67. The molecule has 0 spiro atoms. The standard InChI is InChI=1S/C19H18N4O3/c24-23(25)15-8-3-7-14(11-15)19-21-18(26-22-19)12-20-17-10-4-6-13-5-1-2-9-16(13)17/h3-4,6-8,10-11,20H,1-2,5,9,12H2. The molecule has 0 saturated carbocycles. The van der Waals surface area contributed by atoms with E-state index < -0.39 is 4.92 Å². The summed E-state index contributed by atoms with van der Waals surface area (Å²) < 4.78 is 5.29. The van der Waals surface area contributed by atoms with Crippen LogP contribution in [0.25, 0.3) is 11.4 Å². The molecule has 132 valence electrons. The van der Waals surface area contributed by atoms with Crippen molar-refractivity contribution in [2.75, 3.05) is 5.32 Å². The number of anilines is 1. The van der Waals surface area contributed by atoms with E-state index in [1.807, 2.05) is 0 Å². The first-order valence-corrected chi connectivity index (χ1v) is 8.63. The SMILES string of the molecule is O=[N+]([O-])c1cccc(-c2noc(CNc3cccc4c3CCCC4)n2)c1. The minimum atomic E-state index is -0.440. The minimum absolute atomic E-state index is 0.00267. The summed E-state index contributed by atoms with van der Waals surface area (Å²) in [6.45, 7) is 0.415. The van der Waals surface area contributed by atoms with Gasteiger partial charge < -0.3 is 9.84 Å². The number of aromatic nitrogens is 2. The topological polar surface area (TPSA) is 94.1 Å². The van der Waals surface area contributed by atoms with Gasteiger partial charge in [-0.2, -0.15) is 4.98 Å². The van der Waals surface area contributed by atoms with E-state index in [2.05, 4.69) is 33.7 Å². The lowest BCUT2D eigenvalue weighted by Crippen LogP contribution is -2.08. The molecule has 0 radical (unpaired) electrons. The third-order valence-electron chi connectivity index (χ3n) is 4.61. The molecular formula is C19H18N4O3. The fourth-order valence-electron chi connectivity index (χ4n) is 3.32. The van der Waals surface area contributed by atoms with Gasteiger partial charge in [-0.15, -0.1) is 0 Å². The Labute approximate surface area is 150 Å². The van der Waals surface area contributed by atoms with E-state index in [4.69, 9.17) is 4.52 Å². The van der Waals surface area contributed by atoms with Crippen LogP contribution in [0.15, 0.2) is 47.0 Å². The van der Waals surface area contributed by atoms with Crippen molar-refractivity contribution in [1.82, 2.24) is 10.1 Å². The summed E-state index contributed by atoms with van der Waals surface area (Å²) in [5.41, 5.74) is 4.45. The molecule has 7 nitrogen and oxygen atoms in total. The largest absolute Gasteiger partial charge is 0.376 e. The zero-order valence-corrected chi connectivity index (χ0v) is 14.1. The summed E-state index contributed by atoms with van der Waals surface area (Å²) in [6, 6.07) is 12.5. The van der Waals surface area contributed by atoms with Crippen LogP contribution in [0.3, 0.4) is 0 Å². The highest BCUT2D eigenvalue weighted by molar-refractivity contribution is 5.59. The van der Waals surface area contributed by atoms with Gasteiger partial charge in [-0.05, 0) is 42.9 Å². The molecule has 1 N–H and O–H groups in total. The van der Waals surface area contributed by atoms with E-state index in [0.717, 1.165) is 18.5 Å². The van der Waals surface area contributed by atoms with Crippen LogP contribution in [-0.2, 0) is 19.4 Å². The van der Waals surface area contributed by atoms with E-state index in [0.29, 0.717) is 23.8 Å². The molecule has 7 heteroatoms. The van der Waals surface area contributed by atoms with E-state index in [1.165, 1.54) is 36.1 Å². The van der Waals surface area contributed by atoms with Gasteiger partial charge in [-0.25, -0.2) is 0 Å². The summed E-state index contributed by atoms with van der Waals surface area (Å²) >= 11 is 0. The number of benzene rings is 2. The van der Waals surface area contributed by atoms with Crippen molar-refractivity contribution >= 4 is 11.4 Å². The number of nitro groups is 1. The van der Waals surface area contributed by atoms with Gasteiger partial charge in [-0.3, -0.25) is 10.1 Å². The number of rotatable bonds is 5. The monoisotopic (exact) mass is 350 g/mol. The van der Waals surface area contributed by atoms with Crippen LogP contribution in [0, 0.1) is 10.1 Å². The molecule has 0 fully saturated rings. The maximum absolute atomic E-state index is 10.9. The Kier molecular flexibility index (Phi) is 4.35. The van der Waals surface area contributed by atoms with Crippen molar-refractivity contribution in [3.8, 4) is 11.4 Å². The van der Waals surface area contributed by atoms with Crippen LogP contribution in [0.2, 0.25) is 0 Å². The molecule has 1 aliphatic carbocycles. The first-order chi connectivity index (χ1) is 12.7. The highest BCUT2D eigenvalue weighted by Gasteiger charge is 2.15. The van der Waals surface area contributed by atoms with E-state index >= 15 is 0 Å². The van der Waals surface area contributed by atoms with Crippen molar-refractivity contribution in [2.24, 2.45) is 0 Å². The Bertz CT molecular complexity index is 951. The second-order valence-electron chi connectivity index (χ2n) is 6.32. The van der Waals surface area contributed by atoms with Crippen molar-refractivity contribution in [1.29, 1.82) is 0 Å². The third kappa shape index (κ3) is 3.28. The number of non-ortho nitro benzene ring substituents is 1. The summed E-state index contributed by atoms with van der Waals surface area (Å²) in [4.78, 5) is 14.8. The Morgan fingerprint density at radius 2 is 2.00 bits per heavy atom. The zero-order chi connectivity index (χ0) is 17.9. The van der Waals surface area contributed by atoms with Crippen molar-refractivity contribution in [2.45, 2.75) is 32.2 Å². The molecular weight excluding hydrogens is 332 g/mol. The zero-order valence-electron chi connectivity index (χ0n) is 14.1. The van der Waals surface area contributed by atoms with Gasteiger partial charge in [0.1, 0.15) is 0 Å². The van der Waals surface area contributed by atoms with Crippen LogP contribution < -0.4 is 5.32 Å². The molecule has 26 heavy (non-hydrogen) atoms. The Balaban J connectivity index is 1.50. The summed E-state index contributed by atoms with van der Waals surface area (Å²) in [7, 11) is 0. The van der Waals surface area contributed by atoms with E-state index in [1.54, 1.807) is 12.1 Å². The Morgan fingerprint density at radius 3 is 2.88 bits per heavy atom. The Hall–Kier alpha value is -3.22. The first kappa shape index (κ1) is 16.3. The van der Waals surface area contributed by atoms with Gasteiger partial charge in [0.15, 0.2) is 0 Å². The number of fused-ring (bicyclic) bond motifs is 1. The Morgan fingerprint density at radius 1 is 1.15 bits per heavy atom. The maximum atomic E-state index is 10.9. The minimum Gasteiger partial charge on any atom is -0.376 e. The second-order valence-corrected chi connectivity index (χ2v) is 6.32. The molecule has 2 aromatic carbocycles. The number of aryl methyl sites for hydroxylation is 1. The average molecular weight is 350 g/mol. The molecule has 0 bridgehead atoms. The fraction of sp³-hybridized carbons (Fsp3) is 0.263. The quantitative estimate of drug-likeness (QED) is 0.549. The number of hydrogen-bond acceptors (Lipinski definition) is 6. The maximum Gasteiger partial charge on any atom is 0.270 e. The van der Waals surface area contributed by atoms with Gasteiger partial charge in [-0.1, -0.05) is 29.4 Å². The second kappa shape index (κ2) is 6.95. The van der Waals surface area contributed by atoms with Crippen molar-refractivity contribution in [3.63, 3.8) is 0 Å². The molecule has 0 atom stereocenters. The molecule has 4 rings (SSSR count). The van der Waals surface area contributed by atoms with Gasteiger partial charge in [0.05, 0.1) is 11.5 Å². The first-order valence-electron chi connectivity index (χ1n) is 8.63. The number of nitrogens with zero attached hydrogens (tertiary/aromatic N) is 3. The molecule has 0 saturated heterocycles. The molecule has 0 aliphatic heterocycles. The number of nitrogens with one attached hydrogen (secondary N) is 1. The lowest BCUT2D eigenvalue weighted by Gasteiger charge is -2.19. The van der Waals surface area contributed by atoms with Gasteiger partial charge in [0.2, 0.25) is 11.7 Å². The van der Waals surface area contributed by atoms with E-state index in [9.17, 15) is 10.1 Å². The van der Waals surface area contributed by atoms with Gasteiger partial charge >= 0.3 is 0 Å². The molecule has 1 aliphatic rings. The molecule has 3 aromatic rings. The van der Waals surface area contributed by atoms with E-state index in [-0.39, 0.29) is 5.69 Å². The average Bonchev–Trinajstić information content (AvgIpc) is 3.15. The summed E-state index contributed by atoms with van der Waals surface area (Å²) in [5, 5.41) is 18.2. The number of hydrogen-bond donors (Lipinski definition) is 1. The molecule has 0 unspecified atom stereocenters. The predicted octanol–water partition coefficient (Wildman–Crippen LogP) is 4.14. The predicted molar refractivity (Wildman–Crippen MR) is 96.8 cm³/mol. The van der Waals surface area contributed by atoms with Gasteiger partial charge in [0, 0.05) is 23.4 Å². The van der Waals surface area contributed by atoms with Crippen molar-refractivity contribution in [3.05, 3.63) is 69.6 Å². The fourth-order valence-corrected chi connectivity index (χ4v) is 3.32. The van der Waals surface area contributed by atoms with Crippen LogP contribution in [-0.4, -0.2) is 15.1 Å². The van der Waals surface area contributed by atoms with Crippen LogP contribution in [0.1, 0.15) is 29.9 Å². The normalized spacial score (nSPS) is 13.2. The molecule has 1 aromatic heterocycles. The summed E-state index contributed by atoms with van der Waals surface area (Å²) in [5.74, 6) is 0.792. The molecule has 1 heterocycles. The van der Waals surface area contributed by atoms with Gasteiger partial charge in [0.25, 0.3) is 5.69 Å². The van der Waals surface area contributed by atoms with Crippen molar-refractivity contribution < 1.29 is 9.45 Å². The lowest BCUT2D eigenvalue weighted by molar-refractivity contribution is -0.384. The highest BCUT2D eigenvalue weighted by Crippen LogP contribution is 2.28. The smallest absolute Gasteiger partial charge is 0.270 e. The van der Waals surface area contributed by atoms with Crippen LogP contribution >= 0.6 is 0 Å². The van der Waals surface area contributed by atoms with Crippen LogP contribution in [0.5, 0.6) is 0 Å².